The van der Waals surface area contributed by atoms with Gasteiger partial charge in [-0.1, -0.05) is 0 Å². The fraction of sp³-hybridized carbons (Fsp3) is 0.909. The van der Waals surface area contributed by atoms with Gasteiger partial charge in [-0.05, 0) is 13.0 Å². The molecule has 0 saturated carbocycles. The number of nitrogens with zero attached hydrogens (tertiary/aromatic N) is 1. The van der Waals surface area contributed by atoms with Crippen molar-refractivity contribution in [2.75, 3.05) is 46.5 Å². The summed E-state index contributed by atoms with van der Waals surface area (Å²) in [4.78, 5) is 14.1. The number of halogens is 1. The standard InChI is InChI=1S/C11H20N2O3.ClH/c1-15-8-10-7-13(4-5-16-10)11(14)9-2-3-12-6-9;/h9-10,12H,2-8H2,1H3;1H. The number of amides is 1. The van der Waals surface area contributed by atoms with E-state index in [1.807, 2.05) is 4.90 Å². The van der Waals surface area contributed by atoms with E-state index in [2.05, 4.69) is 5.32 Å². The number of morpholine rings is 1. The topological polar surface area (TPSA) is 50.8 Å². The lowest BCUT2D eigenvalue weighted by Crippen LogP contribution is -2.49. The molecule has 6 heteroatoms. The highest BCUT2D eigenvalue weighted by Crippen LogP contribution is 2.14. The Balaban J connectivity index is 0.00000144. The number of ether oxygens (including phenoxy) is 2. The number of hydrogen-bond acceptors (Lipinski definition) is 4. The highest BCUT2D eigenvalue weighted by atomic mass is 35.5. The second kappa shape index (κ2) is 7.16. The van der Waals surface area contributed by atoms with Crippen molar-refractivity contribution in [2.45, 2.75) is 12.5 Å². The van der Waals surface area contributed by atoms with Gasteiger partial charge >= 0.3 is 0 Å². The third-order valence-electron chi connectivity index (χ3n) is 3.21. The van der Waals surface area contributed by atoms with Crippen molar-refractivity contribution in [1.82, 2.24) is 10.2 Å². The molecule has 100 valence electrons. The molecule has 0 aliphatic carbocycles. The molecule has 0 aromatic heterocycles. The van der Waals surface area contributed by atoms with E-state index in [0.717, 1.165) is 26.1 Å². The number of nitrogens with one attached hydrogen (secondary N) is 1. The minimum atomic E-state index is 0. The quantitative estimate of drug-likeness (QED) is 0.773. The zero-order chi connectivity index (χ0) is 11.4. The normalized spacial score (nSPS) is 28.9. The van der Waals surface area contributed by atoms with Crippen molar-refractivity contribution in [1.29, 1.82) is 0 Å². The van der Waals surface area contributed by atoms with Gasteiger partial charge in [-0.15, -0.1) is 12.4 Å². The molecule has 2 aliphatic rings. The van der Waals surface area contributed by atoms with Crippen molar-refractivity contribution in [3.8, 4) is 0 Å². The molecular formula is C11H21ClN2O3. The van der Waals surface area contributed by atoms with Crippen LogP contribution < -0.4 is 5.32 Å². The Morgan fingerprint density at radius 1 is 1.59 bits per heavy atom. The Morgan fingerprint density at radius 3 is 3.06 bits per heavy atom. The van der Waals surface area contributed by atoms with Crippen LogP contribution in [-0.4, -0.2) is 63.4 Å². The molecule has 0 spiro atoms. The summed E-state index contributed by atoms with van der Waals surface area (Å²) in [5, 5.41) is 3.23. The SMILES string of the molecule is COCC1CN(C(=O)C2CCNC2)CCO1.Cl. The van der Waals surface area contributed by atoms with Gasteiger partial charge in [0.15, 0.2) is 0 Å². The molecule has 2 unspecified atom stereocenters. The molecule has 0 bridgehead atoms. The highest BCUT2D eigenvalue weighted by molar-refractivity contribution is 5.85. The van der Waals surface area contributed by atoms with Crippen LogP contribution in [0.4, 0.5) is 0 Å². The van der Waals surface area contributed by atoms with Crippen molar-refractivity contribution >= 4 is 18.3 Å². The molecule has 17 heavy (non-hydrogen) atoms. The second-order valence-electron chi connectivity index (χ2n) is 4.42. The van der Waals surface area contributed by atoms with E-state index >= 15 is 0 Å². The van der Waals surface area contributed by atoms with E-state index in [4.69, 9.17) is 9.47 Å². The fourth-order valence-electron chi connectivity index (χ4n) is 2.33. The zero-order valence-corrected chi connectivity index (χ0v) is 11.0. The Bertz CT molecular complexity index is 245. The first-order valence-electron chi connectivity index (χ1n) is 5.91. The van der Waals surface area contributed by atoms with Crippen LogP contribution >= 0.6 is 12.4 Å². The van der Waals surface area contributed by atoms with Gasteiger partial charge in [0.1, 0.15) is 0 Å². The van der Waals surface area contributed by atoms with Crippen molar-refractivity contribution in [3.63, 3.8) is 0 Å². The van der Waals surface area contributed by atoms with E-state index in [9.17, 15) is 4.79 Å². The van der Waals surface area contributed by atoms with E-state index in [1.54, 1.807) is 7.11 Å². The van der Waals surface area contributed by atoms with Crippen LogP contribution in [0.2, 0.25) is 0 Å². The maximum Gasteiger partial charge on any atom is 0.227 e. The third kappa shape index (κ3) is 3.81. The van der Waals surface area contributed by atoms with Crippen molar-refractivity contribution in [3.05, 3.63) is 0 Å². The molecule has 0 aromatic carbocycles. The minimum Gasteiger partial charge on any atom is -0.382 e. The van der Waals surface area contributed by atoms with Gasteiger partial charge in [0.05, 0.1) is 25.2 Å². The van der Waals surface area contributed by atoms with Gasteiger partial charge < -0.3 is 19.7 Å². The molecule has 2 rings (SSSR count). The average Bonchev–Trinajstić information content (AvgIpc) is 2.82. The van der Waals surface area contributed by atoms with Crippen LogP contribution in [0.15, 0.2) is 0 Å². The van der Waals surface area contributed by atoms with Gasteiger partial charge in [-0.2, -0.15) is 0 Å². The van der Waals surface area contributed by atoms with Crippen molar-refractivity contribution in [2.24, 2.45) is 5.92 Å². The van der Waals surface area contributed by atoms with E-state index in [1.165, 1.54) is 0 Å². The fourth-order valence-corrected chi connectivity index (χ4v) is 2.33. The number of hydrogen-bond donors (Lipinski definition) is 1. The van der Waals surface area contributed by atoms with Crippen LogP contribution in [0.5, 0.6) is 0 Å². The molecule has 2 atom stereocenters. The molecule has 1 amide bonds. The first kappa shape index (κ1) is 14.7. The summed E-state index contributed by atoms with van der Waals surface area (Å²) < 4.78 is 10.6. The Morgan fingerprint density at radius 2 is 2.41 bits per heavy atom. The molecule has 2 heterocycles. The van der Waals surface area contributed by atoms with Crippen LogP contribution in [0, 0.1) is 5.92 Å². The summed E-state index contributed by atoms with van der Waals surface area (Å²) in [5.41, 5.74) is 0. The third-order valence-corrected chi connectivity index (χ3v) is 3.21. The Labute approximate surface area is 108 Å². The summed E-state index contributed by atoms with van der Waals surface area (Å²) in [6.07, 6.45) is 1.00. The monoisotopic (exact) mass is 264 g/mol. The first-order valence-corrected chi connectivity index (χ1v) is 5.91. The van der Waals surface area contributed by atoms with Crippen molar-refractivity contribution < 1.29 is 14.3 Å². The zero-order valence-electron chi connectivity index (χ0n) is 10.2. The van der Waals surface area contributed by atoms with Gasteiger partial charge in [-0.3, -0.25) is 4.79 Å². The molecule has 2 fully saturated rings. The lowest BCUT2D eigenvalue weighted by Gasteiger charge is -2.34. The molecule has 0 radical (unpaired) electrons. The summed E-state index contributed by atoms with van der Waals surface area (Å²) in [6, 6.07) is 0. The average molecular weight is 265 g/mol. The molecule has 2 aliphatic heterocycles. The number of rotatable bonds is 3. The summed E-state index contributed by atoms with van der Waals surface area (Å²) in [5.74, 6) is 0.440. The van der Waals surface area contributed by atoms with E-state index in [-0.39, 0.29) is 30.3 Å². The van der Waals surface area contributed by atoms with Crippen LogP contribution in [0.25, 0.3) is 0 Å². The molecule has 5 nitrogen and oxygen atoms in total. The van der Waals surface area contributed by atoms with Crippen LogP contribution in [0.1, 0.15) is 6.42 Å². The number of carbonyl (C=O) groups excluding carboxylic acids is 1. The Hall–Kier alpha value is -0.360. The van der Waals surface area contributed by atoms with Gasteiger partial charge in [0.25, 0.3) is 0 Å². The largest absolute Gasteiger partial charge is 0.382 e. The van der Waals surface area contributed by atoms with Crippen LogP contribution in [-0.2, 0) is 14.3 Å². The lowest BCUT2D eigenvalue weighted by atomic mass is 10.1. The maximum absolute atomic E-state index is 12.1. The molecule has 1 N–H and O–H groups in total. The smallest absolute Gasteiger partial charge is 0.227 e. The van der Waals surface area contributed by atoms with E-state index < -0.39 is 0 Å². The summed E-state index contributed by atoms with van der Waals surface area (Å²) in [7, 11) is 1.66. The summed E-state index contributed by atoms with van der Waals surface area (Å²) in [6.45, 7) is 4.36. The van der Waals surface area contributed by atoms with Gasteiger partial charge in [0, 0.05) is 26.7 Å². The maximum atomic E-state index is 12.1. The van der Waals surface area contributed by atoms with Gasteiger partial charge in [0.2, 0.25) is 5.91 Å². The van der Waals surface area contributed by atoms with Crippen LogP contribution in [0.3, 0.4) is 0 Å². The summed E-state index contributed by atoms with van der Waals surface area (Å²) >= 11 is 0. The lowest BCUT2D eigenvalue weighted by molar-refractivity contribution is -0.144. The predicted octanol–water partition coefficient (Wildman–Crippen LogP) is -0.108. The highest BCUT2D eigenvalue weighted by Gasteiger charge is 2.30. The van der Waals surface area contributed by atoms with Gasteiger partial charge in [-0.25, -0.2) is 0 Å². The Kier molecular flexibility index (Phi) is 6.19. The minimum absolute atomic E-state index is 0. The molecular weight excluding hydrogens is 244 g/mol. The molecule has 2 saturated heterocycles. The molecule has 0 aromatic rings. The van der Waals surface area contributed by atoms with E-state index in [0.29, 0.717) is 19.8 Å². The second-order valence-corrected chi connectivity index (χ2v) is 4.42. The predicted molar refractivity (Wildman–Crippen MR) is 66.4 cm³/mol. The first-order chi connectivity index (χ1) is 7.81. The number of methoxy groups -OCH3 is 1. The number of carbonyl (C=O) groups is 1.